The first-order valence-corrected chi connectivity index (χ1v) is 24.2. The van der Waals surface area contributed by atoms with Crippen LogP contribution < -0.4 is 21.1 Å². The highest BCUT2D eigenvalue weighted by Gasteiger charge is 2.39. The van der Waals surface area contributed by atoms with Crippen molar-refractivity contribution in [1.29, 1.82) is 0 Å². The van der Waals surface area contributed by atoms with Crippen LogP contribution in [0.4, 0.5) is 0 Å². The molecule has 66 heavy (non-hydrogen) atoms. The molecule has 3 heterocycles. The molecule has 1 aliphatic heterocycles. The Hall–Kier alpha value is -4.00. The van der Waals surface area contributed by atoms with Crippen molar-refractivity contribution >= 4 is 29.3 Å². The van der Waals surface area contributed by atoms with E-state index in [4.69, 9.17) is 24.2 Å². The minimum Gasteiger partial charge on any atom is -0.498 e. The number of benzene rings is 1. The van der Waals surface area contributed by atoms with Crippen LogP contribution in [0.2, 0.25) is 0 Å². The highest BCUT2D eigenvalue weighted by molar-refractivity contribution is 5.78. The number of aliphatic hydroxyl groups is 4. The summed E-state index contributed by atoms with van der Waals surface area (Å²) in [4.78, 5) is 21.6. The molecule has 5 aliphatic rings. The smallest absolute Gasteiger partial charge is 0.213 e. The third kappa shape index (κ3) is 10.5. The number of aromatic nitrogens is 4. The number of rotatable bonds is 22. The molecule has 0 bridgehead atoms. The molecule has 15 nitrogen and oxygen atoms in total. The molecule has 0 amide bonds. The molecule has 10 unspecified atom stereocenters. The monoisotopic (exact) mass is 911 g/mol. The lowest BCUT2D eigenvalue weighted by Crippen LogP contribution is -2.56. The summed E-state index contributed by atoms with van der Waals surface area (Å²) in [6, 6.07) is 3.34. The van der Waals surface area contributed by atoms with Crippen molar-refractivity contribution in [3.63, 3.8) is 0 Å². The third-order valence-corrected chi connectivity index (χ3v) is 14.7. The summed E-state index contributed by atoms with van der Waals surface area (Å²) in [5.41, 5.74) is 6.48. The molecule has 3 aromatic rings. The Kier molecular flexibility index (Phi) is 15.5. The number of nitrogens with one attached hydrogen (secondary N) is 4. The zero-order valence-corrected chi connectivity index (χ0v) is 39.9. The van der Waals surface area contributed by atoms with Gasteiger partial charge in [-0.15, -0.1) is 0 Å². The summed E-state index contributed by atoms with van der Waals surface area (Å²) >= 11 is 0. The van der Waals surface area contributed by atoms with E-state index in [1.807, 2.05) is 32.6 Å². The number of H-pyrrole nitrogens is 2. The molecule has 1 saturated heterocycles. The second-order valence-corrected chi connectivity index (χ2v) is 19.9. The van der Waals surface area contributed by atoms with Crippen molar-refractivity contribution in [1.82, 2.24) is 40.4 Å². The third-order valence-electron chi connectivity index (χ3n) is 14.7. The number of aliphatic hydroxyl groups excluding tert-OH is 4. The maximum Gasteiger partial charge on any atom is 0.213 e. The standard InChI is InChI=1S/C51H74N8O7/c1-28(2)43(56-50(62)64-7)48(60)58(25-30(5)31(6)66-27-32-11-9-12-32)26-42-52-39-20-16-35-23-33(14-18-37(35)45(39)54-42)34-15-19-38-36(24-34)17-21-40-46(38)55-47(53-40)41-13-10-22-59(41)49(61)44(29(3)4)57-51(63)65-8/h14,16-17,19-21,23-24,28-30,32,34,37,41,43-44,48-51,56-57,60-63H,6,9-13,15,18,22,25-27H2,1-5,7-8H3,(H,52,54)(H,53,55). The molecule has 2 fully saturated rings. The molecular formula is C51H74N8O7. The molecule has 8 rings (SSSR count). The summed E-state index contributed by atoms with van der Waals surface area (Å²) in [6.45, 7) is 16.7. The topological polar surface area (TPSA) is 197 Å². The van der Waals surface area contributed by atoms with Gasteiger partial charge >= 0.3 is 0 Å². The highest BCUT2D eigenvalue weighted by Crippen LogP contribution is 2.41. The number of ether oxygens (including phenoxy) is 3. The van der Waals surface area contributed by atoms with Gasteiger partial charge in [-0.1, -0.05) is 84.1 Å². The Morgan fingerprint density at radius 1 is 0.894 bits per heavy atom. The molecule has 0 spiro atoms. The van der Waals surface area contributed by atoms with Crippen molar-refractivity contribution in [2.45, 2.75) is 135 Å². The number of allylic oxidation sites excluding steroid dienone is 5. The molecule has 360 valence electrons. The number of hydrogen-bond acceptors (Lipinski definition) is 13. The second kappa shape index (κ2) is 21.1. The fraction of sp³-hybridized carbons (Fsp3) is 0.608. The number of nitrogens with zero attached hydrogens (tertiary/aromatic N) is 4. The van der Waals surface area contributed by atoms with Gasteiger partial charge in [-0.25, -0.2) is 9.97 Å². The van der Waals surface area contributed by atoms with Crippen molar-refractivity contribution < 1.29 is 34.6 Å². The van der Waals surface area contributed by atoms with Crippen LogP contribution in [0.5, 0.6) is 0 Å². The van der Waals surface area contributed by atoms with Gasteiger partial charge in [0, 0.05) is 50.3 Å². The van der Waals surface area contributed by atoms with E-state index in [-0.39, 0.29) is 35.6 Å². The van der Waals surface area contributed by atoms with Gasteiger partial charge in [0.15, 0.2) is 0 Å². The minimum atomic E-state index is -1.22. The van der Waals surface area contributed by atoms with Gasteiger partial charge in [-0.2, -0.15) is 0 Å². The zero-order valence-electron chi connectivity index (χ0n) is 39.9. The van der Waals surface area contributed by atoms with E-state index in [1.165, 1.54) is 49.8 Å². The molecule has 0 radical (unpaired) electrons. The van der Waals surface area contributed by atoms with Gasteiger partial charge in [0.1, 0.15) is 24.1 Å². The summed E-state index contributed by atoms with van der Waals surface area (Å²) < 4.78 is 16.3. The Bertz CT molecular complexity index is 2380. The van der Waals surface area contributed by atoms with Crippen molar-refractivity contribution in [3.05, 3.63) is 87.3 Å². The highest BCUT2D eigenvalue weighted by atomic mass is 16.6. The predicted molar refractivity (Wildman–Crippen MR) is 256 cm³/mol. The molecule has 15 heteroatoms. The summed E-state index contributed by atoms with van der Waals surface area (Å²) in [7, 11) is 2.86. The van der Waals surface area contributed by atoms with E-state index < -0.39 is 37.4 Å². The first-order chi connectivity index (χ1) is 31.7. The Labute approximate surface area is 389 Å². The van der Waals surface area contributed by atoms with Crippen LogP contribution in [-0.2, 0) is 20.8 Å². The maximum atomic E-state index is 12.0. The molecule has 2 aromatic heterocycles. The van der Waals surface area contributed by atoms with Crippen LogP contribution in [-0.4, -0.2) is 121 Å². The van der Waals surface area contributed by atoms with Gasteiger partial charge in [0.25, 0.3) is 0 Å². The van der Waals surface area contributed by atoms with Crippen LogP contribution >= 0.6 is 0 Å². The Morgan fingerprint density at radius 3 is 2.33 bits per heavy atom. The van der Waals surface area contributed by atoms with Gasteiger partial charge < -0.3 is 44.6 Å². The van der Waals surface area contributed by atoms with E-state index in [0.717, 1.165) is 71.5 Å². The van der Waals surface area contributed by atoms with Gasteiger partial charge in [-0.3, -0.25) is 20.4 Å². The van der Waals surface area contributed by atoms with E-state index in [9.17, 15) is 20.4 Å². The fourth-order valence-corrected chi connectivity index (χ4v) is 10.4. The number of hydrogen-bond donors (Lipinski definition) is 8. The van der Waals surface area contributed by atoms with Crippen molar-refractivity contribution in [2.75, 3.05) is 33.9 Å². The van der Waals surface area contributed by atoms with Gasteiger partial charge in [0.05, 0.1) is 59.5 Å². The molecule has 1 aromatic carbocycles. The number of imidazole rings is 2. The zero-order chi connectivity index (χ0) is 46.8. The summed E-state index contributed by atoms with van der Waals surface area (Å²) in [5.74, 6) is 3.26. The fourth-order valence-electron chi connectivity index (χ4n) is 10.4. The van der Waals surface area contributed by atoms with E-state index >= 15 is 0 Å². The number of aromatic amines is 2. The number of fused-ring (bicyclic) bond motifs is 6. The largest absolute Gasteiger partial charge is 0.498 e. The molecule has 4 aliphatic carbocycles. The maximum absolute atomic E-state index is 12.0. The van der Waals surface area contributed by atoms with Crippen molar-refractivity contribution in [3.8, 4) is 0 Å². The van der Waals surface area contributed by atoms with Crippen LogP contribution in [0.25, 0.3) is 29.3 Å². The van der Waals surface area contributed by atoms with E-state index in [2.05, 4.69) is 87.6 Å². The SMILES string of the molecule is C=C(OCC1CCC1)C(C)CN(Cc1nc2c([nH]1)C1CC=C(C3C=c4ccc5[nH]c(C6CCCN6C(O)C(NC(O)OC)C(C)C)nc5c4=CC3)C=C1C=C2)C(O)C(NC(O)OC)C(C)C. The average Bonchev–Trinajstić information content (AvgIpc) is 4.07. The summed E-state index contributed by atoms with van der Waals surface area (Å²) in [6.07, 6.45) is 16.7. The van der Waals surface area contributed by atoms with E-state index in [1.54, 1.807) is 0 Å². The number of methoxy groups -OCH3 is 2. The quantitative estimate of drug-likeness (QED) is 0.0518. The van der Waals surface area contributed by atoms with E-state index in [0.29, 0.717) is 31.4 Å². The Morgan fingerprint density at radius 2 is 1.64 bits per heavy atom. The van der Waals surface area contributed by atoms with Crippen LogP contribution in [0.15, 0.2) is 53.8 Å². The lowest BCUT2D eigenvalue weighted by atomic mass is 9.78. The van der Waals surface area contributed by atoms with Crippen LogP contribution in [0, 0.1) is 29.6 Å². The molecule has 8 N–H and O–H groups in total. The minimum absolute atomic E-state index is 0.0181. The van der Waals surface area contributed by atoms with Crippen LogP contribution in [0.3, 0.4) is 0 Å². The normalized spacial score (nSPS) is 24.1. The van der Waals surface area contributed by atoms with Gasteiger partial charge in [-0.05, 0) is 84.8 Å². The molecular weight excluding hydrogens is 837 g/mol. The second-order valence-electron chi connectivity index (χ2n) is 19.9. The Balaban J connectivity index is 0.968. The predicted octanol–water partition coefficient (Wildman–Crippen LogP) is 4.55. The lowest BCUT2D eigenvalue weighted by molar-refractivity contribution is -0.133. The first kappa shape index (κ1) is 48.5. The first-order valence-electron chi connectivity index (χ1n) is 24.2. The van der Waals surface area contributed by atoms with Crippen LogP contribution in [0.1, 0.15) is 115 Å². The summed E-state index contributed by atoms with van der Waals surface area (Å²) in [5, 5.41) is 52.5. The molecule has 1 saturated carbocycles. The van der Waals surface area contributed by atoms with Crippen molar-refractivity contribution in [2.24, 2.45) is 29.6 Å². The number of likely N-dealkylation sites (tertiary alicyclic amines) is 1. The molecule has 10 atom stereocenters. The lowest BCUT2D eigenvalue weighted by Gasteiger charge is -2.38. The average molecular weight is 911 g/mol. The van der Waals surface area contributed by atoms with Gasteiger partial charge in [0.2, 0.25) is 12.8 Å².